The fraction of sp³-hybridized carbons (Fsp3) is 0.300. The average molecular weight is 322 g/mol. The molecule has 3 nitrogen and oxygen atoms in total. The van der Waals surface area contributed by atoms with Crippen molar-refractivity contribution in [2.45, 2.75) is 19.6 Å². The number of thiophene rings is 1. The Kier molecular flexibility index (Phi) is 4.25. The van der Waals surface area contributed by atoms with E-state index in [4.69, 9.17) is 0 Å². The zero-order valence-electron chi connectivity index (χ0n) is 8.74. The first-order chi connectivity index (χ1) is 8.18. The minimum absolute atomic E-state index is 0.321. The molecule has 2 rings (SSSR count). The third-order valence-electron chi connectivity index (χ3n) is 2.22. The molecule has 0 aliphatic heterocycles. The van der Waals surface area contributed by atoms with Crippen molar-refractivity contribution in [1.29, 1.82) is 0 Å². The first kappa shape index (κ1) is 12.7. The van der Waals surface area contributed by atoms with Crippen LogP contribution in [0.25, 0.3) is 0 Å². The van der Waals surface area contributed by atoms with Crippen molar-refractivity contribution in [3.8, 4) is 0 Å². The Bertz CT molecular complexity index is 483. The summed E-state index contributed by atoms with van der Waals surface area (Å²) in [5, 5.41) is 5.06. The van der Waals surface area contributed by atoms with Crippen LogP contribution >= 0.6 is 27.3 Å². The number of nitrogens with one attached hydrogen (secondary N) is 1. The fourth-order valence-corrected chi connectivity index (χ4v) is 2.86. The van der Waals surface area contributed by atoms with Crippen molar-refractivity contribution in [1.82, 2.24) is 14.9 Å². The van der Waals surface area contributed by atoms with Gasteiger partial charge in [0.1, 0.15) is 5.82 Å². The number of alkyl halides is 2. The number of nitrogens with zero attached hydrogens (tertiary/aromatic N) is 2. The predicted molar refractivity (Wildman–Crippen MR) is 66.0 cm³/mol. The Hall–Kier alpha value is -0.790. The maximum atomic E-state index is 12.5. The summed E-state index contributed by atoms with van der Waals surface area (Å²) in [4.78, 5) is 5.03. The highest BCUT2D eigenvalue weighted by atomic mass is 79.9. The highest BCUT2D eigenvalue weighted by molar-refractivity contribution is 9.10. The maximum Gasteiger partial charge on any atom is 0.319 e. The SMILES string of the molecule is FC(F)n1ccnc1CNCc1sccc1Br. The predicted octanol–water partition coefficient (Wildman–Crippen LogP) is 3.39. The molecule has 0 saturated carbocycles. The summed E-state index contributed by atoms with van der Waals surface area (Å²) >= 11 is 5.02. The second kappa shape index (κ2) is 5.70. The van der Waals surface area contributed by atoms with Gasteiger partial charge in [-0.15, -0.1) is 11.3 Å². The molecule has 0 aliphatic carbocycles. The van der Waals surface area contributed by atoms with Gasteiger partial charge in [0, 0.05) is 28.3 Å². The van der Waals surface area contributed by atoms with Crippen molar-refractivity contribution in [3.63, 3.8) is 0 Å². The normalized spacial score (nSPS) is 11.3. The number of rotatable bonds is 5. The molecule has 0 aromatic carbocycles. The topological polar surface area (TPSA) is 29.9 Å². The van der Waals surface area contributed by atoms with E-state index in [2.05, 4.69) is 26.2 Å². The number of hydrogen-bond donors (Lipinski definition) is 1. The lowest BCUT2D eigenvalue weighted by Gasteiger charge is -2.07. The van der Waals surface area contributed by atoms with Gasteiger partial charge in [-0.1, -0.05) is 0 Å². The third kappa shape index (κ3) is 3.11. The van der Waals surface area contributed by atoms with Gasteiger partial charge in [-0.3, -0.25) is 4.57 Å². The van der Waals surface area contributed by atoms with E-state index < -0.39 is 6.55 Å². The molecule has 0 atom stereocenters. The molecule has 0 bridgehead atoms. The van der Waals surface area contributed by atoms with Crippen LogP contribution in [0.4, 0.5) is 8.78 Å². The monoisotopic (exact) mass is 321 g/mol. The third-order valence-corrected chi connectivity index (χ3v) is 4.15. The number of aromatic nitrogens is 2. The van der Waals surface area contributed by atoms with Gasteiger partial charge < -0.3 is 5.32 Å². The van der Waals surface area contributed by atoms with Crippen molar-refractivity contribution >= 4 is 27.3 Å². The number of hydrogen-bond acceptors (Lipinski definition) is 3. The molecule has 0 saturated heterocycles. The molecular weight excluding hydrogens is 312 g/mol. The maximum absolute atomic E-state index is 12.5. The van der Waals surface area contributed by atoms with Crippen LogP contribution in [0.3, 0.4) is 0 Å². The summed E-state index contributed by atoms with van der Waals surface area (Å²) in [6, 6.07) is 1.96. The van der Waals surface area contributed by atoms with Gasteiger partial charge >= 0.3 is 6.55 Å². The molecule has 0 spiro atoms. The van der Waals surface area contributed by atoms with Crippen LogP contribution in [-0.2, 0) is 13.1 Å². The lowest BCUT2D eigenvalue weighted by atomic mass is 10.4. The smallest absolute Gasteiger partial charge is 0.305 e. The highest BCUT2D eigenvalue weighted by Gasteiger charge is 2.10. The lowest BCUT2D eigenvalue weighted by molar-refractivity contribution is 0.0666. The zero-order chi connectivity index (χ0) is 12.3. The van der Waals surface area contributed by atoms with Gasteiger partial charge in [-0.05, 0) is 27.4 Å². The minimum atomic E-state index is -2.54. The van der Waals surface area contributed by atoms with Gasteiger partial charge in [0.15, 0.2) is 0 Å². The minimum Gasteiger partial charge on any atom is -0.305 e. The molecule has 2 heterocycles. The van der Waals surface area contributed by atoms with Crippen LogP contribution in [-0.4, -0.2) is 9.55 Å². The summed E-state index contributed by atoms with van der Waals surface area (Å²) in [5.74, 6) is 0.340. The molecule has 17 heavy (non-hydrogen) atoms. The summed E-state index contributed by atoms with van der Waals surface area (Å²) < 4.78 is 26.9. The van der Waals surface area contributed by atoms with E-state index in [0.29, 0.717) is 18.9 Å². The van der Waals surface area contributed by atoms with Crippen molar-refractivity contribution in [2.24, 2.45) is 0 Å². The van der Waals surface area contributed by atoms with Gasteiger partial charge in [-0.25, -0.2) is 4.98 Å². The molecule has 2 aromatic rings. The van der Waals surface area contributed by atoms with Gasteiger partial charge in [-0.2, -0.15) is 8.78 Å². The van der Waals surface area contributed by atoms with Crippen LogP contribution < -0.4 is 5.32 Å². The largest absolute Gasteiger partial charge is 0.319 e. The van der Waals surface area contributed by atoms with Gasteiger partial charge in [0.05, 0.1) is 6.54 Å². The Morgan fingerprint density at radius 3 is 2.94 bits per heavy atom. The van der Waals surface area contributed by atoms with E-state index in [1.165, 1.54) is 12.4 Å². The van der Waals surface area contributed by atoms with E-state index in [0.717, 1.165) is 13.9 Å². The Morgan fingerprint density at radius 1 is 1.47 bits per heavy atom. The van der Waals surface area contributed by atoms with Crippen LogP contribution in [0, 0.1) is 0 Å². The second-order valence-corrected chi connectivity index (χ2v) is 5.18. The van der Waals surface area contributed by atoms with E-state index in [1.54, 1.807) is 11.3 Å². The van der Waals surface area contributed by atoms with E-state index >= 15 is 0 Å². The first-order valence-electron chi connectivity index (χ1n) is 4.91. The summed E-state index contributed by atoms with van der Waals surface area (Å²) in [7, 11) is 0. The van der Waals surface area contributed by atoms with E-state index in [-0.39, 0.29) is 0 Å². The highest BCUT2D eigenvalue weighted by Crippen LogP contribution is 2.22. The molecule has 0 radical (unpaired) electrons. The first-order valence-corrected chi connectivity index (χ1v) is 6.58. The average Bonchev–Trinajstić information content (AvgIpc) is 2.88. The Balaban J connectivity index is 1.90. The zero-order valence-corrected chi connectivity index (χ0v) is 11.1. The fourth-order valence-electron chi connectivity index (χ4n) is 1.40. The summed E-state index contributed by atoms with van der Waals surface area (Å²) in [6.07, 6.45) is 2.66. The van der Waals surface area contributed by atoms with Gasteiger partial charge in [0.2, 0.25) is 0 Å². The molecule has 7 heteroatoms. The van der Waals surface area contributed by atoms with Crippen molar-refractivity contribution in [3.05, 3.63) is 39.0 Å². The van der Waals surface area contributed by atoms with Crippen LogP contribution in [0.2, 0.25) is 0 Å². The standard InChI is InChI=1S/C10H10BrF2N3S/c11-7-1-4-17-8(7)5-14-6-9-15-2-3-16(9)10(12)13/h1-4,10,14H,5-6H2. The molecule has 0 aliphatic rings. The molecule has 0 fully saturated rings. The molecule has 92 valence electrons. The van der Waals surface area contributed by atoms with Crippen LogP contribution in [0.5, 0.6) is 0 Å². The van der Waals surface area contributed by atoms with Gasteiger partial charge in [0.25, 0.3) is 0 Å². The van der Waals surface area contributed by atoms with Crippen molar-refractivity contribution < 1.29 is 8.78 Å². The lowest BCUT2D eigenvalue weighted by Crippen LogP contribution is -2.16. The second-order valence-electron chi connectivity index (χ2n) is 3.32. The van der Waals surface area contributed by atoms with Crippen LogP contribution in [0.1, 0.15) is 17.3 Å². The quantitative estimate of drug-likeness (QED) is 0.914. The van der Waals surface area contributed by atoms with Crippen molar-refractivity contribution in [2.75, 3.05) is 0 Å². The number of imidazole rings is 1. The van der Waals surface area contributed by atoms with E-state index in [9.17, 15) is 8.78 Å². The Labute approximate surface area is 110 Å². The Morgan fingerprint density at radius 2 is 2.29 bits per heavy atom. The summed E-state index contributed by atoms with van der Waals surface area (Å²) in [6.45, 7) is -1.58. The molecule has 0 unspecified atom stereocenters. The molecular formula is C10H10BrF2N3S. The molecule has 2 aromatic heterocycles. The van der Waals surface area contributed by atoms with Crippen LogP contribution in [0.15, 0.2) is 28.3 Å². The molecule has 1 N–H and O–H groups in total. The summed E-state index contributed by atoms with van der Waals surface area (Å²) in [5.41, 5.74) is 0. The number of halogens is 3. The molecule has 0 amide bonds. The van der Waals surface area contributed by atoms with E-state index in [1.807, 2.05) is 11.4 Å².